The lowest BCUT2D eigenvalue weighted by Crippen LogP contribution is -2.22. The van der Waals surface area contributed by atoms with Crippen molar-refractivity contribution >= 4 is 0 Å². The Morgan fingerprint density at radius 2 is 1.72 bits per heavy atom. The predicted molar refractivity (Wildman–Crippen MR) is 71.0 cm³/mol. The maximum Gasteiger partial charge on any atom is 0.112 e. The molecule has 1 atom stereocenters. The second-order valence-electron chi connectivity index (χ2n) is 4.63. The van der Waals surface area contributed by atoms with Crippen LogP contribution in [0.4, 0.5) is 0 Å². The predicted octanol–water partition coefficient (Wildman–Crippen LogP) is 3.12. The van der Waals surface area contributed by atoms with Gasteiger partial charge in [-0.2, -0.15) is 5.26 Å². The summed E-state index contributed by atoms with van der Waals surface area (Å²) >= 11 is 0. The van der Waals surface area contributed by atoms with Gasteiger partial charge in [-0.3, -0.25) is 0 Å². The Kier molecular flexibility index (Phi) is 3.18. The third-order valence-electron chi connectivity index (χ3n) is 3.17. The van der Waals surface area contributed by atoms with E-state index in [0.29, 0.717) is 5.56 Å². The Bertz CT molecular complexity index is 591. The fourth-order valence-electron chi connectivity index (χ4n) is 1.94. The Morgan fingerprint density at radius 1 is 1.06 bits per heavy atom. The molecule has 0 aliphatic heterocycles. The smallest absolute Gasteiger partial charge is 0.112 e. The summed E-state index contributed by atoms with van der Waals surface area (Å²) in [4.78, 5) is 0. The van der Waals surface area contributed by atoms with Crippen molar-refractivity contribution < 1.29 is 5.11 Å². The van der Waals surface area contributed by atoms with E-state index in [1.807, 2.05) is 37.3 Å². The number of nitrogens with zero attached hydrogens (tertiary/aromatic N) is 1. The zero-order valence-corrected chi connectivity index (χ0v) is 10.5. The molecule has 2 aromatic rings. The van der Waals surface area contributed by atoms with Crippen LogP contribution < -0.4 is 0 Å². The van der Waals surface area contributed by atoms with Crippen molar-refractivity contribution in [1.82, 2.24) is 0 Å². The summed E-state index contributed by atoms with van der Waals surface area (Å²) < 4.78 is 0. The highest BCUT2D eigenvalue weighted by atomic mass is 16.3. The van der Waals surface area contributed by atoms with E-state index in [9.17, 15) is 5.11 Å². The molecule has 1 N–H and O–H groups in total. The first-order valence-corrected chi connectivity index (χ1v) is 5.84. The number of rotatable bonds is 2. The van der Waals surface area contributed by atoms with Gasteiger partial charge in [0, 0.05) is 0 Å². The summed E-state index contributed by atoms with van der Waals surface area (Å²) in [6, 6.07) is 16.9. The van der Waals surface area contributed by atoms with Crippen molar-refractivity contribution in [2.24, 2.45) is 0 Å². The van der Waals surface area contributed by atoms with E-state index in [2.05, 4.69) is 6.07 Å². The van der Waals surface area contributed by atoms with Crippen LogP contribution in [0.5, 0.6) is 0 Å². The van der Waals surface area contributed by atoms with Crippen LogP contribution in [0.25, 0.3) is 0 Å². The van der Waals surface area contributed by atoms with Crippen LogP contribution in [0.15, 0.2) is 48.5 Å². The third kappa shape index (κ3) is 2.27. The molecule has 1 unspecified atom stereocenters. The lowest BCUT2D eigenvalue weighted by Gasteiger charge is -2.24. The number of nitriles is 1. The minimum Gasteiger partial charge on any atom is -0.381 e. The van der Waals surface area contributed by atoms with Gasteiger partial charge in [-0.05, 0) is 37.1 Å². The monoisotopic (exact) mass is 237 g/mol. The van der Waals surface area contributed by atoms with Gasteiger partial charge < -0.3 is 5.11 Å². The maximum absolute atomic E-state index is 10.7. The van der Waals surface area contributed by atoms with Crippen LogP contribution in [-0.4, -0.2) is 5.11 Å². The molecule has 90 valence electrons. The Hall–Kier alpha value is -2.11. The van der Waals surface area contributed by atoms with Gasteiger partial charge in [-0.15, -0.1) is 0 Å². The quantitative estimate of drug-likeness (QED) is 0.872. The fourth-order valence-corrected chi connectivity index (χ4v) is 1.94. The molecule has 0 fully saturated rings. The number of hydrogen-bond donors (Lipinski definition) is 1. The number of aliphatic hydroxyl groups is 1. The molecular weight excluding hydrogens is 222 g/mol. The van der Waals surface area contributed by atoms with Gasteiger partial charge in [0.05, 0.1) is 11.6 Å². The molecule has 0 radical (unpaired) electrons. The summed E-state index contributed by atoms with van der Waals surface area (Å²) in [7, 11) is 0. The minimum atomic E-state index is -1.08. The summed E-state index contributed by atoms with van der Waals surface area (Å²) in [5.41, 5.74) is 2.18. The summed E-state index contributed by atoms with van der Waals surface area (Å²) in [5.74, 6) is 0. The highest BCUT2D eigenvalue weighted by Crippen LogP contribution is 2.29. The molecule has 2 aromatic carbocycles. The molecule has 2 heteroatoms. The van der Waals surface area contributed by atoms with Gasteiger partial charge in [0.25, 0.3) is 0 Å². The topological polar surface area (TPSA) is 44.0 Å². The molecule has 0 spiro atoms. The minimum absolute atomic E-state index is 0.555. The highest BCUT2D eigenvalue weighted by molar-refractivity contribution is 5.41. The van der Waals surface area contributed by atoms with E-state index in [0.717, 1.165) is 16.7 Å². The summed E-state index contributed by atoms with van der Waals surface area (Å²) in [6.45, 7) is 3.75. The zero-order valence-electron chi connectivity index (χ0n) is 10.5. The summed E-state index contributed by atoms with van der Waals surface area (Å²) in [5, 5.41) is 19.6. The average Bonchev–Trinajstić information content (AvgIpc) is 2.39. The molecular formula is C16H15NO. The van der Waals surface area contributed by atoms with Crippen LogP contribution in [0.2, 0.25) is 0 Å². The van der Waals surface area contributed by atoms with E-state index < -0.39 is 5.60 Å². The summed E-state index contributed by atoms with van der Waals surface area (Å²) in [6.07, 6.45) is 0. The second-order valence-corrected chi connectivity index (χ2v) is 4.63. The lowest BCUT2D eigenvalue weighted by molar-refractivity contribution is 0.102. The molecule has 0 heterocycles. The third-order valence-corrected chi connectivity index (χ3v) is 3.17. The van der Waals surface area contributed by atoms with Gasteiger partial charge in [0.15, 0.2) is 0 Å². The highest BCUT2D eigenvalue weighted by Gasteiger charge is 2.25. The first kappa shape index (κ1) is 12.3. The van der Waals surface area contributed by atoms with Gasteiger partial charge >= 0.3 is 0 Å². The maximum atomic E-state index is 10.7. The van der Waals surface area contributed by atoms with Crippen LogP contribution in [-0.2, 0) is 5.60 Å². The molecule has 0 saturated heterocycles. The van der Waals surface area contributed by atoms with Gasteiger partial charge in [-0.1, -0.05) is 42.0 Å². The zero-order chi connectivity index (χ0) is 13.2. The van der Waals surface area contributed by atoms with Crippen molar-refractivity contribution in [2.75, 3.05) is 0 Å². The Balaban J connectivity index is 2.47. The van der Waals surface area contributed by atoms with Gasteiger partial charge in [0.2, 0.25) is 0 Å². The molecule has 18 heavy (non-hydrogen) atoms. The second kappa shape index (κ2) is 4.64. The van der Waals surface area contributed by atoms with Crippen molar-refractivity contribution in [3.63, 3.8) is 0 Å². The van der Waals surface area contributed by atoms with E-state index in [4.69, 9.17) is 5.26 Å². The normalized spacial score (nSPS) is 13.7. The van der Waals surface area contributed by atoms with Crippen LogP contribution in [0, 0.1) is 18.3 Å². The fraction of sp³-hybridized carbons (Fsp3) is 0.188. The van der Waals surface area contributed by atoms with Crippen molar-refractivity contribution in [2.45, 2.75) is 19.4 Å². The number of aryl methyl sites for hydroxylation is 1. The lowest BCUT2D eigenvalue weighted by atomic mass is 9.87. The molecule has 2 nitrogen and oxygen atoms in total. The standard InChI is InChI=1S/C16H15NO/c1-12-6-8-14(9-7-12)16(2,18)15-5-3-4-13(10-15)11-17/h3-10,18H,1-2H3. The van der Waals surface area contributed by atoms with E-state index in [1.165, 1.54) is 0 Å². The molecule has 2 rings (SSSR count). The van der Waals surface area contributed by atoms with Crippen LogP contribution in [0.3, 0.4) is 0 Å². The largest absolute Gasteiger partial charge is 0.381 e. The van der Waals surface area contributed by atoms with Crippen molar-refractivity contribution in [3.8, 4) is 6.07 Å². The van der Waals surface area contributed by atoms with Gasteiger partial charge in [-0.25, -0.2) is 0 Å². The van der Waals surface area contributed by atoms with Crippen molar-refractivity contribution in [1.29, 1.82) is 5.26 Å². The van der Waals surface area contributed by atoms with Crippen molar-refractivity contribution in [3.05, 3.63) is 70.8 Å². The first-order valence-electron chi connectivity index (χ1n) is 5.84. The Labute approximate surface area is 107 Å². The molecule has 0 aliphatic carbocycles. The Morgan fingerprint density at radius 3 is 2.33 bits per heavy atom. The SMILES string of the molecule is Cc1ccc(C(C)(O)c2cccc(C#N)c2)cc1. The van der Waals surface area contributed by atoms with E-state index in [1.54, 1.807) is 25.1 Å². The molecule has 0 saturated carbocycles. The van der Waals surface area contributed by atoms with Crippen LogP contribution in [0.1, 0.15) is 29.2 Å². The van der Waals surface area contributed by atoms with E-state index >= 15 is 0 Å². The molecule has 0 aliphatic rings. The molecule has 0 amide bonds. The van der Waals surface area contributed by atoms with E-state index in [-0.39, 0.29) is 0 Å². The average molecular weight is 237 g/mol. The number of hydrogen-bond acceptors (Lipinski definition) is 2. The first-order chi connectivity index (χ1) is 8.54. The number of benzene rings is 2. The van der Waals surface area contributed by atoms with Crippen LogP contribution >= 0.6 is 0 Å². The van der Waals surface area contributed by atoms with Gasteiger partial charge in [0.1, 0.15) is 5.60 Å². The molecule has 0 aromatic heterocycles. The molecule has 0 bridgehead atoms.